The van der Waals surface area contributed by atoms with Crippen LogP contribution in [0.3, 0.4) is 0 Å². The Morgan fingerprint density at radius 3 is 2.81 bits per heavy atom. The second-order valence-electron chi connectivity index (χ2n) is 3.64. The molecule has 1 rings (SSSR count). The van der Waals surface area contributed by atoms with Crippen LogP contribution in [0.2, 0.25) is 0 Å². The Bertz CT molecular complexity index is 363. The van der Waals surface area contributed by atoms with E-state index in [1.165, 1.54) is 0 Å². The summed E-state index contributed by atoms with van der Waals surface area (Å²) < 4.78 is 5.02. The third-order valence-corrected chi connectivity index (χ3v) is 2.30. The van der Waals surface area contributed by atoms with E-state index in [0.29, 0.717) is 30.7 Å². The number of unbranched alkanes of at least 4 members (excludes halogenated alkanes) is 1. The number of ether oxygens (including phenoxy) is 1. The molecule has 4 heteroatoms. The van der Waals surface area contributed by atoms with Crippen LogP contribution < -0.4 is 5.73 Å². The maximum Gasteiger partial charge on any atom is 0.338 e. The third kappa shape index (κ3) is 3.55. The SMILES string of the molecule is Cc1ccc(C(=O)OCCCCO)cc1N. The predicted molar refractivity (Wildman–Crippen MR) is 62.2 cm³/mol. The molecule has 16 heavy (non-hydrogen) atoms. The zero-order valence-electron chi connectivity index (χ0n) is 9.40. The average molecular weight is 223 g/mol. The summed E-state index contributed by atoms with van der Waals surface area (Å²) in [4.78, 5) is 11.5. The summed E-state index contributed by atoms with van der Waals surface area (Å²) in [5.41, 5.74) is 7.69. The fourth-order valence-electron chi connectivity index (χ4n) is 1.23. The fraction of sp³-hybridized carbons (Fsp3) is 0.417. The molecule has 0 saturated carbocycles. The highest BCUT2D eigenvalue weighted by atomic mass is 16.5. The van der Waals surface area contributed by atoms with Crippen LogP contribution in [0.15, 0.2) is 18.2 Å². The number of carbonyl (C=O) groups is 1. The molecule has 1 aromatic rings. The van der Waals surface area contributed by atoms with E-state index in [0.717, 1.165) is 5.56 Å². The number of rotatable bonds is 5. The summed E-state index contributed by atoms with van der Waals surface area (Å²) in [5, 5.41) is 8.56. The van der Waals surface area contributed by atoms with E-state index in [1.807, 2.05) is 6.92 Å². The molecule has 0 radical (unpaired) electrons. The number of benzene rings is 1. The first-order valence-electron chi connectivity index (χ1n) is 5.29. The van der Waals surface area contributed by atoms with Crippen molar-refractivity contribution in [1.29, 1.82) is 0 Å². The summed E-state index contributed by atoms with van der Waals surface area (Å²) in [6.07, 6.45) is 1.31. The van der Waals surface area contributed by atoms with Crippen molar-refractivity contribution in [3.8, 4) is 0 Å². The van der Waals surface area contributed by atoms with Crippen LogP contribution in [0.5, 0.6) is 0 Å². The highest BCUT2D eigenvalue weighted by Crippen LogP contribution is 2.13. The molecule has 0 amide bonds. The molecule has 1 aromatic carbocycles. The van der Waals surface area contributed by atoms with Crippen LogP contribution in [0.4, 0.5) is 5.69 Å². The molecular formula is C12H17NO3. The summed E-state index contributed by atoms with van der Waals surface area (Å²) in [5.74, 6) is -0.371. The quantitative estimate of drug-likeness (QED) is 0.451. The number of aliphatic hydroxyl groups excluding tert-OH is 1. The maximum absolute atomic E-state index is 11.5. The molecule has 0 unspecified atom stereocenters. The van der Waals surface area contributed by atoms with Gasteiger partial charge in [0, 0.05) is 12.3 Å². The lowest BCUT2D eigenvalue weighted by atomic mass is 10.1. The molecule has 0 aliphatic heterocycles. The van der Waals surface area contributed by atoms with E-state index in [4.69, 9.17) is 15.6 Å². The number of hydrogen-bond donors (Lipinski definition) is 2. The van der Waals surface area contributed by atoms with E-state index < -0.39 is 0 Å². The van der Waals surface area contributed by atoms with E-state index in [-0.39, 0.29) is 12.6 Å². The standard InChI is InChI=1S/C12H17NO3/c1-9-4-5-10(8-11(9)13)12(15)16-7-3-2-6-14/h4-5,8,14H,2-3,6-7,13H2,1H3. The van der Waals surface area contributed by atoms with E-state index in [1.54, 1.807) is 18.2 Å². The lowest BCUT2D eigenvalue weighted by molar-refractivity contribution is 0.0492. The molecule has 88 valence electrons. The van der Waals surface area contributed by atoms with Crippen molar-refractivity contribution in [3.05, 3.63) is 29.3 Å². The van der Waals surface area contributed by atoms with Crippen LogP contribution in [0, 0.1) is 6.92 Å². The summed E-state index contributed by atoms with van der Waals surface area (Å²) in [6, 6.07) is 5.10. The normalized spacial score (nSPS) is 10.1. The molecule has 4 nitrogen and oxygen atoms in total. The minimum atomic E-state index is -0.371. The lowest BCUT2D eigenvalue weighted by Gasteiger charge is -2.06. The average Bonchev–Trinajstić information content (AvgIpc) is 2.28. The van der Waals surface area contributed by atoms with Gasteiger partial charge in [0.15, 0.2) is 0 Å². The van der Waals surface area contributed by atoms with Gasteiger partial charge in [0.05, 0.1) is 12.2 Å². The molecular weight excluding hydrogens is 206 g/mol. The van der Waals surface area contributed by atoms with Crippen molar-refractivity contribution >= 4 is 11.7 Å². The van der Waals surface area contributed by atoms with Crippen LogP contribution in [-0.4, -0.2) is 24.3 Å². The van der Waals surface area contributed by atoms with Gasteiger partial charge in [-0.05, 0) is 37.5 Å². The van der Waals surface area contributed by atoms with Crippen LogP contribution in [-0.2, 0) is 4.74 Å². The molecule has 0 heterocycles. The Hall–Kier alpha value is -1.55. The summed E-state index contributed by atoms with van der Waals surface area (Å²) in [6.45, 7) is 2.33. The lowest BCUT2D eigenvalue weighted by Crippen LogP contribution is -2.07. The molecule has 0 aliphatic carbocycles. The first kappa shape index (κ1) is 12.5. The van der Waals surface area contributed by atoms with Gasteiger partial charge in [-0.3, -0.25) is 0 Å². The van der Waals surface area contributed by atoms with Gasteiger partial charge in [-0.1, -0.05) is 6.07 Å². The van der Waals surface area contributed by atoms with Gasteiger partial charge in [-0.15, -0.1) is 0 Å². The van der Waals surface area contributed by atoms with Gasteiger partial charge in [-0.2, -0.15) is 0 Å². The van der Waals surface area contributed by atoms with E-state index in [9.17, 15) is 4.79 Å². The van der Waals surface area contributed by atoms with Gasteiger partial charge < -0.3 is 15.6 Å². The number of aliphatic hydroxyl groups is 1. The smallest absolute Gasteiger partial charge is 0.338 e. The van der Waals surface area contributed by atoms with Gasteiger partial charge in [0.25, 0.3) is 0 Å². The maximum atomic E-state index is 11.5. The number of anilines is 1. The Morgan fingerprint density at radius 2 is 2.19 bits per heavy atom. The van der Waals surface area contributed by atoms with Crippen molar-refractivity contribution in [2.75, 3.05) is 18.9 Å². The first-order valence-corrected chi connectivity index (χ1v) is 5.29. The molecule has 0 aliphatic rings. The first-order chi connectivity index (χ1) is 7.65. The fourth-order valence-corrected chi connectivity index (χ4v) is 1.23. The van der Waals surface area contributed by atoms with Crippen molar-refractivity contribution in [3.63, 3.8) is 0 Å². The van der Waals surface area contributed by atoms with Crippen molar-refractivity contribution in [1.82, 2.24) is 0 Å². The molecule has 3 N–H and O–H groups in total. The minimum absolute atomic E-state index is 0.120. The predicted octanol–water partition coefficient (Wildman–Crippen LogP) is 1.51. The largest absolute Gasteiger partial charge is 0.462 e. The van der Waals surface area contributed by atoms with Crippen molar-refractivity contribution < 1.29 is 14.6 Å². The van der Waals surface area contributed by atoms with Crippen molar-refractivity contribution in [2.24, 2.45) is 0 Å². The van der Waals surface area contributed by atoms with Gasteiger partial charge in [0.1, 0.15) is 0 Å². The second-order valence-corrected chi connectivity index (χ2v) is 3.64. The monoisotopic (exact) mass is 223 g/mol. The Labute approximate surface area is 95.0 Å². The number of esters is 1. The Morgan fingerprint density at radius 1 is 1.44 bits per heavy atom. The number of nitrogens with two attached hydrogens (primary N) is 1. The highest BCUT2D eigenvalue weighted by molar-refractivity contribution is 5.90. The van der Waals surface area contributed by atoms with Crippen LogP contribution in [0.1, 0.15) is 28.8 Å². The molecule has 0 atom stereocenters. The Kier molecular flexibility index (Phi) is 4.79. The second kappa shape index (κ2) is 6.12. The number of carbonyl (C=O) groups excluding carboxylic acids is 1. The topological polar surface area (TPSA) is 72.5 Å². The van der Waals surface area contributed by atoms with Gasteiger partial charge >= 0.3 is 5.97 Å². The molecule has 0 aromatic heterocycles. The summed E-state index contributed by atoms with van der Waals surface area (Å²) in [7, 11) is 0. The van der Waals surface area contributed by atoms with E-state index in [2.05, 4.69) is 0 Å². The highest BCUT2D eigenvalue weighted by Gasteiger charge is 2.07. The summed E-state index contributed by atoms with van der Waals surface area (Å²) >= 11 is 0. The van der Waals surface area contributed by atoms with Gasteiger partial charge in [-0.25, -0.2) is 4.79 Å². The Balaban J connectivity index is 2.50. The van der Waals surface area contributed by atoms with Gasteiger partial charge in [0.2, 0.25) is 0 Å². The molecule has 0 fully saturated rings. The molecule has 0 spiro atoms. The number of nitrogen functional groups attached to an aromatic ring is 1. The van der Waals surface area contributed by atoms with Crippen LogP contribution in [0.25, 0.3) is 0 Å². The minimum Gasteiger partial charge on any atom is -0.462 e. The third-order valence-electron chi connectivity index (χ3n) is 2.30. The zero-order valence-corrected chi connectivity index (χ0v) is 9.40. The number of hydrogen-bond acceptors (Lipinski definition) is 4. The van der Waals surface area contributed by atoms with Crippen LogP contribution >= 0.6 is 0 Å². The molecule has 0 bridgehead atoms. The molecule has 0 saturated heterocycles. The van der Waals surface area contributed by atoms with E-state index >= 15 is 0 Å². The number of aryl methyl sites for hydroxylation is 1. The zero-order chi connectivity index (χ0) is 12.0. The van der Waals surface area contributed by atoms with Crippen molar-refractivity contribution in [2.45, 2.75) is 19.8 Å².